The minimum atomic E-state index is -1.11. The standard InChI is InChI=1S/C11H12N2O5/c14-7-2-1-3-12-9(7)10(15)13-4-5-18-8(6-13)11(16)17/h1-3,8,14H,4-6H2,(H,16,17). The molecular weight excluding hydrogens is 240 g/mol. The molecular formula is C11H12N2O5. The zero-order chi connectivity index (χ0) is 13.1. The van der Waals surface area contributed by atoms with E-state index in [-0.39, 0.29) is 31.1 Å². The van der Waals surface area contributed by atoms with Crippen molar-refractivity contribution in [2.45, 2.75) is 6.10 Å². The molecule has 0 bridgehead atoms. The summed E-state index contributed by atoms with van der Waals surface area (Å²) in [6.45, 7) is 0.374. The average molecular weight is 252 g/mol. The molecule has 0 spiro atoms. The minimum absolute atomic E-state index is 0.0514. The number of pyridine rings is 1. The molecule has 0 aliphatic carbocycles. The number of aliphatic carboxylic acids is 1. The Balaban J connectivity index is 2.14. The largest absolute Gasteiger partial charge is 0.505 e. The van der Waals surface area contributed by atoms with E-state index in [4.69, 9.17) is 9.84 Å². The van der Waals surface area contributed by atoms with Gasteiger partial charge in [-0.25, -0.2) is 9.78 Å². The number of aromatic hydroxyl groups is 1. The second-order valence-corrected chi connectivity index (χ2v) is 3.82. The molecule has 2 rings (SSSR count). The summed E-state index contributed by atoms with van der Waals surface area (Å²) in [5.74, 6) is -1.83. The fourth-order valence-corrected chi connectivity index (χ4v) is 1.69. The van der Waals surface area contributed by atoms with Crippen LogP contribution in [0.5, 0.6) is 5.75 Å². The Hall–Kier alpha value is -2.15. The number of carboxylic acid groups (broad SMARTS) is 1. The van der Waals surface area contributed by atoms with E-state index in [9.17, 15) is 14.7 Å². The Morgan fingerprint density at radius 3 is 2.94 bits per heavy atom. The summed E-state index contributed by atoms with van der Waals surface area (Å²) >= 11 is 0. The summed E-state index contributed by atoms with van der Waals surface area (Å²) in [5.41, 5.74) is -0.0801. The van der Waals surface area contributed by atoms with Gasteiger partial charge in [0.05, 0.1) is 13.2 Å². The molecule has 1 amide bonds. The lowest BCUT2D eigenvalue weighted by atomic mass is 10.2. The first-order valence-electron chi connectivity index (χ1n) is 5.37. The molecule has 0 radical (unpaired) electrons. The summed E-state index contributed by atoms with van der Waals surface area (Å²) in [6, 6.07) is 2.86. The van der Waals surface area contributed by atoms with Gasteiger partial charge in [-0.2, -0.15) is 0 Å². The molecule has 1 aromatic rings. The van der Waals surface area contributed by atoms with Gasteiger partial charge in [0.1, 0.15) is 5.75 Å². The number of carbonyl (C=O) groups excluding carboxylic acids is 1. The Morgan fingerprint density at radius 2 is 2.28 bits per heavy atom. The predicted molar refractivity (Wildman–Crippen MR) is 59.2 cm³/mol. The van der Waals surface area contributed by atoms with E-state index in [1.54, 1.807) is 0 Å². The number of nitrogens with zero attached hydrogens (tertiary/aromatic N) is 2. The molecule has 1 fully saturated rings. The molecule has 1 saturated heterocycles. The highest BCUT2D eigenvalue weighted by Gasteiger charge is 2.30. The van der Waals surface area contributed by atoms with Crippen LogP contribution in [0.3, 0.4) is 0 Å². The first-order valence-corrected chi connectivity index (χ1v) is 5.37. The number of morpholine rings is 1. The summed E-state index contributed by atoms with van der Waals surface area (Å²) in [7, 11) is 0. The number of hydrogen-bond acceptors (Lipinski definition) is 5. The fraction of sp³-hybridized carbons (Fsp3) is 0.364. The van der Waals surface area contributed by atoms with Crippen molar-refractivity contribution in [1.29, 1.82) is 0 Å². The van der Waals surface area contributed by atoms with Crippen molar-refractivity contribution >= 4 is 11.9 Å². The first-order chi connectivity index (χ1) is 8.59. The van der Waals surface area contributed by atoms with E-state index in [2.05, 4.69) is 4.98 Å². The molecule has 1 aliphatic rings. The zero-order valence-electron chi connectivity index (χ0n) is 9.44. The van der Waals surface area contributed by atoms with Crippen LogP contribution in [0.25, 0.3) is 0 Å². The van der Waals surface area contributed by atoms with Gasteiger partial charge in [0.2, 0.25) is 0 Å². The topological polar surface area (TPSA) is 100.0 Å². The van der Waals surface area contributed by atoms with Crippen molar-refractivity contribution in [1.82, 2.24) is 9.88 Å². The number of carboxylic acids is 1. The normalized spacial score (nSPS) is 19.6. The maximum atomic E-state index is 12.0. The van der Waals surface area contributed by atoms with Crippen LogP contribution in [-0.2, 0) is 9.53 Å². The highest BCUT2D eigenvalue weighted by molar-refractivity contribution is 5.95. The monoisotopic (exact) mass is 252 g/mol. The van der Waals surface area contributed by atoms with Crippen LogP contribution in [0.15, 0.2) is 18.3 Å². The third-order valence-electron chi connectivity index (χ3n) is 2.62. The van der Waals surface area contributed by atoms with Crippen LogP contribution in [0, 0.1) is 0 Å². The van der Waals surface area contributed by atoms with Crippen LogP contribution >= 0.6 is 0 Å². The van der Waals surface area contributed by atoms with E-state index in [1.807, 2.05) is 0 Å². The van der Waals surface area contributed by atoms with Gasteiger partial charge in [0, 0.05) is 12.7 Å². The lowest BCUT2D eigenvalue weighted by Crippen LogP contribution is -2.48. The van der Waals surface area contributed by atoms with Gasteiger partial charge in [-0.1, -0.05) is 0 Å². The number of hydrogen-bond donors (Lipinski definition) is 2. The van der Waals surface area contributed by atoms with Crippen molar-refractivity contribution in [3.63, 3.8) is 0 Å². The van der Waals surface area contributed by atoms with Gasteiger partial charge in [-0.15, -0.1) is 0 Å². The Morgan fingerprint density at radius 1 is 1.50 bits per heavy atom. The number of amides is 1. The molecule has 0 aromatic carbocycles. The maximum absolute atomic E-state index is 12.0. The molecule has 2 N–H and O–H groups in total. The Labute approximate surface area is 103 Å². The molecule has 1 unspecified atom stereocenters. The molecule has 18 heavy (non-hydrogen) atoms. The number of aromatic nitrogens is 1. The highest BCUT2D eigenvalue weighted by Crippen LogP contribution is 2.17. The van der Waals surface area contributed by atoms with Gasteiger partial charge < -0.3 is 19.8 Å². The number of ether oxygens (including phenoxy) is 1. The van der Waals surface area contributed by atoms with Crippen LogP contribution < -0.4 is 0 Å². The van der Waals surface area contributed by atoms with Crippen molar-refractivity contribution in [3.8, 4) is 5.75 Å². The predicted octanol–water partition coefficient (Wildman–Crippen LogP) is -0.287. The van der Waals surface area contributed by atoms with Gasteiger partial charge in [0.15, 0.2) is 11.8 Å². The molecule has 0 saturated carbocycles. The second-order valence-electron chi connectivity index (χ2n) is 3.82. The highest BCUT2D eigenvalue weighted by atomic mass is 16.5. The number of carbonyl (C=O) groups is 2. The molecule has 7 heteroatoms. The van der Waals surface area contributed by atoms with Crippen molar-refractivity contribution < 1.29 is 24.5 Å². The van der Waals surface area contributed by atoms with E-state index < -0.39 is 18.0 Å². The number of rotatable bonds is 2. The molecule has 96 valence electrons. The van der Waals surface area contributed by atoms with E-state index in [0.717, 1.165) is 0 Å². The molecule has 2 heterocycles. The van der Waals surface area contributed by atoms with Crippen LogP contribution in [0.1, 0.15) is 10.5 Å². The smallest absolute Gasteiger partial charge is 0.334 e. The van der Waals surface area contributed by atoms with Crippen LogP contribution in [0.2, 0.25) is 0 Å². The average Bonchev–Trinajstić information content (AvgIpc) is 2.38. The van der Waals surface area contributed by atoms with Crippen molar-refractivity contribution in [2.24, 2.45) is 0 Å². The lowest BCUT2D eigenvalue weighted by molar-refractivity contribution is -0.154. The summed E-state index contributed by atoms with van der Waals surface area (Å²) in [4.78, 5) is 27.9. The lowest BCUT2D eigenvalue weighted by Gasteiger charge is -2.30. The van der Waals surface area contributed by atoms with Gasteiger partial charge in [-0.3, -0.25) is 4.79 Å². The third kappa shape index (κ3) is 2.40. The maximum Gasteiger partial charge on any atom is 0.334 e. The summed E-state index contributed by atoms with van der Waals surface area (Å²) in [6.07, 6.45) is 0.357. The summed E-state index contributed by atoms with van der Waals surface area (Å²) < 4.78 is 5.01. The Kier molecular flexibility index (Phi) is 3.42. The third-order valence-corrected chi connectivity index (χ3v) is 2.62. The Bertz CT molecular complexity index is 476. The molecule has 7 nitrogen and oxygen atoms in total. The van der Waals surface area contributed by atoms with Gasteiger partial charge >= 0.3 is 5.97 Å². The quantitative estimate of drug-likeness (QED) is 0.750. The summed E-state index contributed by atoms with van der Waals surface area (Å²) in [5, 5.41) is 18.4. The minimum Gasteiger partial charge on any atom is -0.505 e. The van der Waals surface area contributed by atoms with Crippen LogP contribution in [-0.4, -0.2) is 57.8 Å². The molecule has 1 aromatic heterocycles. The van der Waals surface area contributed by atoms with E-state index in [1.165, 1.54) is 23.2 Å². The van der Waals surface area contributed by atoms with E-state index >= 15 is 0 Å². The zero-order valence-corrected chi connectivity index (χ0v) is 9.44. The van der Waals surface area contributed by atoms with Crippen molar-refractivity contribution in [3.05, 3.63) is 24.0 Å². The SMILES string of the molecule is O=C(O)C1CN(C(=O)c2ncccc2O)CCO1. The molecule has 1 atom stereocenters. The molecule has 1 aliphatic heterocycles. The van der Waals surface area contributed by atoms with Crippen molar-refractivity contribution in [2.75, 3.05) is 19.7 Å². The van der Waals surface area contributed by atoms with Crippen LogP contribution in [0.4, 0.5) is 0 Å². The fourth-order valence-electron chi connectivity index (χ4n) is 1.69. The van der Waals surface area contributed by atoms with Gasteiger partial charge in [-0.05, 0) is 12.1 Å². The van der Waals surface area contributed by atoms with E-state index in [0.29, 0.717) is 0 Å². The van der Waals surface area contributed by atoms with Gasteiger partial charge in [0.25, 0.3) is 5.91 Å². The first kappa shape index (κ1) is 12.3. The second kappa shape index (κ2) is 5.01.